The van der Waals surface area contributed by atoms with E-state index in [0.29, 0.717) is 6.54 Å². The second-order valence-electron chi connectivity index (χ2n) is 3.77. The molecule has 0 aromatic heterocycles. The van der Waals surface area contributed by atoms with Gasteiger partial charge >= 0.3 is 0 Å². The third kappa shape index (κ3) is 3.77. The van der Waals surface area contributed by atoms with Gasteiger partial charge in [0.2, 0.25) is 0 Å². The first-order valence-electron chi connectivity index (χ1n) is 5.44. The summed E-state index contributed by atoms with van der Waals surface area (Å²) in [7, 11) is 0. The number of hydrogen-bond donors (Lipinski definition) is 1. The van der Waals surface area contributed by atoms with Crippen molar-refractivity contribution in [2.45, 2.75) is 17.2 Å². The predicted octanol–water partition coefficient (Wildman–Crippen LogP) is 4.09. The number of nitrogens with two attached hydrogens (primary N) is 1. The highest BCUT2D eigenvalue weighted by Gasteiger charge is 1.98. The Labute approximate surface area is 111 Å². The SMILES string of the molecule is NCc1cccc(CSc2cccc(Cl)c2)c1. The van der Waals surface area contributed by atoms with E-state index in [1.165, 1.54) is 16.0 Å². The Hall–Kier alpha value is -0.960. The van der Waals surface area contributed by atoms with Crippen molar-refractivity contribution in [1.29, 1.82) is 0 Å². The van der Waals surface area contributed by atoms with E-state index in [2.05, 4.69) is 24.3 Å². The minimum atomic E-state index is 0.593. The first-order valence-corrected chi connectivity index (χ1v) is 6.80. The van der Waals surface area contributed by atoms with Crippen LogP contribution >= 0.6 is 23.4 Å². The zero-order chi connectivity index (χ0) is 12.1. The van der Waals surface area contributed by atoms with Crippen LogP contribution in [0.25, 0.3) is 0 Å². The van der Waals surface area contributed by atoms with Crippen molar-refractivity contribution in [1.82, 2.24) is 0 Å². The van der Waals surface area contributed by atoms with E-state index in [-0.39, 0.29) is 0 Å². The van der Waals surface area contributed by atoms with E-state index in [1.54, 1.807) is 11.8 Å². The van der Waals surface area contributed by atoms with Gasteiger partial charge in [0, 0.05) is 22.2 Å². The van der Waals surface area contributed by atoms with Crippen LogP contribution in [0.1, 0.15) is 11.1 Å². The Balaban J connectivity index is 2.02. The number of hydrogen-bond acceptors (Lipinski definition) is 2. The molecule has 0 aliphatic heterocycles. The van der Waals surface area contributed by atoms with E-state index < -0.39 is 0 Å². The molecule has 0 unspecified atom stereocenters. The molecule has 0 fully saturated rings. The number of benzene rings is 2. The van der Waals surface area contributed by atoms with Gasteiger partial charge in [0.25, 0.3) is 0 Å². The van der Waals surface area contributed by atoms with Crippen LogP contribution in [0.2, 0.25) is 5.02 Å². The average molecular weight is 264 g/mol. The summed E-state index contributed by atoms with van der Waals surface area (Å²) in [6, 6.07) is 16.3. The van der Waals surface area contributed by atoms with Crippen LogP contribution in [0.5, 0.6) is 0 Å². The van der Waals surface area contributed by atoms with Crippen LogP contribution in [0.3, 0.4) is 0 Å². The number of halogens is 1. The highest BCUT2D eigenvalue weighted by molar-refractivity contribution is 7.98. The van der Waals surface area contributed by atoms with Gasteiger partial charge in [-0.15, -0.1) is 11.8 Å². The summed E-state index contributed by atoms with van der Waals surface area (Å²) in [4.78, 5) is 1.19. The highest BCUT2D eigenvalue weighted by atomic mass is 35.5. The minimum absolute atomic E-state index is 0.593. The Kier molecular flexibility index (Phi) is 4.49. The summed E-state index contributed by atoms with van der Waals surface area (Å²) in [5.74, 6) is 0.939. The van der Waals surface area contributed by atoms with Crippen molar-refractivity contribution >= 4 is 23.4 Å². The molecule has 0 radical (unpaired) electrons. The zero-order valence-corrected chi connectivity index (χ0v) is 11.0. The van der Waals surface area contributed by atoms with E-state index in [4.69, 9.17) is 17.3 Å². The van der Waals surface area contributed by atoms with E-state index in [1.807, 2.05) is 24.3 Å². The largest absolute Gasteiger partial charge is 0.326 e. The molecule has 1 nitrogen and oxygen atoms in total. The monoisotopic (exact) mass is 263 g/mol. The van der Waals surface area contributed by atoms with Gasteiger partial charge in [-0.1, -0.05) is 41.9 Å². The van der Waals surface area contributed by atoms with Crippen LogP contribution in [-0.4, -0.2) is 0 Å². The molecule has 88 valence electrons. The van der Waals surface area contributed by atoms with Gasteiger partial charge in [0.1, 0.15) is 0 Å². The maximum Gasteiger partial charge on any atom is 0.0417 e. The lowest BCUT2D eigenvalue weighted by molar-refractivity contribution is 1.06. The van der Waals surface area contributed by atoms with E-state index in [9.17, 15) is 0 Å². The van der Waals surface area contributed by atoms with Crippen molar-refractivity contribution < 1.29 is 0 Å². The second kappa shape index (κ2) is 6.10. The second-order valence-corrected chi connectivity index (χ2v) is 5.26. The maximum absolute atomic E-state index is 5.94. The third-order valence-corrected chi connectivity index (χ3v) is 3.73. The van der Waals surface area contributed by atoms with Crippen molar-refractivity contribution in [3.05, 3.63) is 64.7 Å². The molecule has 3 heteroatoms. The summed E-state index contributed by atoms with van der Waals surface area (Å²) < 4.78 is 0. The predicted molar refractivity (Wildman–Crippen MR) is 75.3 cm³/mol. The molecule has 0 atom stereocenters. The molecular formula is C14H14ClNS. The van der Waals surface area contributed by atoms with Crippen LogP contribution in [-0.2, 0) is 12.3 Å². The van der Waals surface area contributed by atoms with Crippen LogP contribution in [0, 0.1) is 0 Å². The lowest BCUT2D eigenvalue weighted by Gasteiger charge is -2.04. The molecular weight excluding hydrogens is 250 g/mol. The Morgan fingerprint density at radius 3 is 2.53 bits per heavy atom. The van der Waals surface area contributed by atoms with Gasteiger partial charge in [-0.3, -0.25) is 0 Å². The molecule has 0 amide bonds. The van der Waals surface area contributed by atoms with Crippen molar-refractivity contribution in [2.75, 3.05) is 0 Å². The fourth-order valence-corrected chi connectivity index (χ4v) is 2.72. The van der Waals surface area contributed by atoms with Gasteiger partial charge in [-0.25, -0.2) is 0 Å². The first kappa shape index (κ1) is 12.5. The topological polar surface area (TPSA) is 26.0 Å². The number of rotatable bonds is 4. The molecule has 0 heterocycles. The van der Waals surface area contributed by atoms with Crippen molar-refractivity contribution in [3.8, 4) is 0 Å². The van der Waals surface area contributed by atoms with Crippen molar-refractivity contribution in [3.63, 3.8) is 0 Å². The molecule has 0 aliphatic rings. The summed E-state index contributed by atoms with van der Waals surface area (Å²) in [5.41, 5.74) is 8.09. The molecule has 2 rings (SSSR count). The molecule has 0 bridgehead atoms. The van der Waals surface area contributed by atoms with Crippen LogP contribution in [0.15, 0.2) is 53.4 Å². The Bertz CT molecular complexity index is 499. The maximum atomic E-state index is 5.94. The van der Waals surface area contributed by atoms with Gasteiger partial charge in [-0.2, -0.15) is 0 Å². The van der Waals surface area contributed by atoms with Gasteiger partial charge in [-0.05, 0) is 29.3 Å². The van der Waals surface area contributed by atoms with E-state index in [0.717, 1.165) is 10.8 Å². The highest BCUT2D eigenvalue weighted by Crippen LogP contribution is 2.25. The molecule has 0 spiro atoms. The molecule has 17 heavy (non-hydrogen) atoms. The summed E-state index contributed by atoms with van der Waals surface area (Å²) in [6.07, 6.45) is 0. The lowest BCUT2D eigenvalue weighted by Crippen LogP contribution is -1.96. The normalized spacial score (nSPS) is 10.5. The average Bonchev–Trinajstić information content (AvgIpc) is 2.37. The Morgan fingerprint density at radius 2 is 1.76 bits per heavy atom. The van der Waals surface area contributed by atoms with Gasteiger partial charge in [0.15, 0.2) is 0 Å². The fraction of sp³-hybridized carbons (Fsp3) is 0.143. The summed E-state index contributed by atoms with van der Waals surface area (Å²) >= 11 is 7.73. The standard InChI is InChI=1S/C14H14ClNS/c15-13-5-2-6-14(8-13)17-10-12-4-1-3-11(7-12)9-16/h1-8H,9-10,16H2. The van der Waals surface area contributed by atoms with E-state index >= 15 is 0 Å². The third-order valence-electron chi connectivity index (χ3n) is 2.43. The summed E-state index contributed by atoms with van der Waals surface area (Å²) in [6.45, 7) is 0.593. The molecule has 0 saturated heterocycles. The Morgan fingerprint density at radius 1 is 1.00 bits per heavy atom. The molecule has 0 aliphatic carbocycles. The van der Waals surface area contributed by atoms with Crippen LogP contribution < -0.4 is 5.73 Å². The minimum Gasteiger partial charge on any atom is -0.326 e. The molecule has 2 N–H and O–H groups in total. The number of thioether (sulfide) groups is 1. The molecule has 2 aromatic rings. The first-order chi connectivity index (χ1) is 8.28. The molecule has 2 aromatic carbocycles. The smallest absolute Gasteiger partial charge is 0.0417 e. The van der Waals surface area contributed by atoms with Gasteiger partial charge < -0.3 is 5.73 Å². The summed E-state index contributed by atoms with van der Waals surface area (Å²) in [5, 5.41) is 0.783. The van der Waals surface area contributed by atoms with Crippen molar-refractivity contribution in [2.24, 2.45) is 5.73 Å². The lowest BCUT2D eigenvalue weighted by atomic mass is 10.1. The fourth-order valence-electron chi connectivity index (χ4n) is 1.57. The van der Waals surface area contributed by atoms with Crippen LogP contribution in [0.4, 0.5) is 0 Å². The quantitative estimate of drug-likeness (QED) is 0.841. The van der Waals surface area contributed by atoms with Gasteiger partial charge in [0.05, 0.1) is 0 Å². The zero-order valence-electron chi connectivity index (χ0n) is 9.40. The molecule has 0 saturated carbocycles.